The van der Waals surface area contributed by atoms with Gasteiger partial charge in [0.25, 0.3) is 0 Å². The molecule has 1 heterocycles. The smallest absolute Gasteiger partial charge is 0.244 e. The number of nitrogens with one attached hydrogen (secondary N) is 1. The van der Waals surface area contributed by atoms with E-state index in [2.05, 4.69) is 15.3 Å². The fraction of sp³-hybridized carbons (Fsp3) is 0.556. The molecule has 96 valence electrons. The molecule has 0 amide bonds. The Balaban J connectivity index is 2.36. The number of hydrogen-bond donors (Lipinski definition) is 4. The van der Waals surface area contributed by atoms with Crippen molar-refractivity contribution in [3.8, 4) is 5.88 Å². The van der Waals surface area contributed by atoms with E-state index in [1.807, 2.05) is 0 Å². The molecule has 0 fully saturated rings. The number of methoxy groups -OCH3 is 1. The third kappa shape index (κ3) is 4.29. The van der Waals surface area contributed by atoms with Crippen molar-refractivity contribution in [2.45, 2.75) is 0 Å². The monoisotopic (exact) mass is 242 g/mol. The summed E-state index contributed by atoms with van der Waals surface area (Å²) in [4.78, 5) is 7.56. The Kier molecular flexibility index (Phi) is 5.24. The van der Waals surface area contributed by atoms with Gasteiger partial charge in [0.1, 0.15) is 12.3 Å². The lowest BCUT2D eigenvalue weighted by Crippen LogP contribution is -2.25. The van der Waals surface area contributed by atoms with E-state index >= 15 is 0 Å². The Morgan fingerprint density at radius 2 is 1.82 bits per heavy atom. The van der Waals surface area contributed by atoms with Gasteiger partial charge in [-0.3, -0.25) is 0 Å². The first-order chi connectivity index (χ1) is 8.15. The first-order valence-corrected chi connectivity index (χ1v) is 5.16. The van der Waals surface area contributed by atoms with Crippen molar-refractivity contribution in [2.75, 3.05) is 50.6 Å². The molecule has 8 nitrogen and oxygen atoms in total. The second-order valence-corrected chi connectivity index (χ2v) is 3.28. The minimum atomic E-state index is 0.0408. The highest BCUT2D eigenvalue weighted by Crippen LogP contribution is 2.23. The minimum Gasteiger partial charge on any atom is -0.475 e. The number of ether oxygens (including phenoxy) is 2. The van der Waals surface area contributed by atoms with Crippen LogP contribution in [0.5, 0.6) is 5.88 Å². The Morgan fingerprint density at radius 3 is 2.53 bits per heavy atom. The van der Waals surface area contributed by atoms with Gasteiger partial charge in [-0.15, -0.1) is 0 Å². The van der Waals surface area contributed by atoms with Crippen molar-refractivity contribution in [3.05, 3.63) is 0 Å². The van der Waals surface area contributed by atoms with Gasteiger partial charge < -0.3 is 32.0 Å². The Bertz CT molecular complexity index is 360. The molecule has 0 saturated carbocycles. The number of nitrogen functional groups attached to an aromatic ring is 3. The summed E-state index contributed by atoms with van der Waals surface area (Å²) in [6.07, 6.45) is 0. The van der Waals surface area contributed by atoms with Gasteiger partial charge in [-0.05, 0) is 0 Å². The summed E-state index contributed by atoms with van der Waals surface area (Å²) in [5, 5.41) is 3.11. The summed E-state index contributed by atoms with van der Waals surface area (Å²) in [7, 11) is 1.64. The number of nitrogens with zero attached hydrogens (tertiary/aromatic N) is 2. The van der Waals surface area contributed by atoms with Gasteiger partial charge >= 0.3 is 0 Å². The lowest BCUT2D eigenvalue weighted by Gasteiger charge is -2.10. The molecule has 1 rings (SSSR count). The van der Waals surface area contributed by atoms with Crippen LogP contribution in [0.25, 0.3) is 0 Å². The van der Waals surface area contributed by atoms with Crippen LogP contribution in [0.3, 0.4) is 0 Å². The molecular formula is C9H18N6O2. The first kappa shape index (κ1) is 13.3. The van der Waals surface area contributed by atoms with Gasteiger partial charge in [-0.2, -0.15) is 9.97 Å². The standard InChI is InChI=1S/C9H18N6O2/c1-16-4-2-13-3-5-17-8-6(10)7(11)14-9(12)15-8/h13H,2-5,10H2,1H3,(H4,11,12,14,15). The van der Waals surface area contributed by atoms with Gasteiger partial charge in [0, 0.05) is 20.2 Å². The molecule has 17 heavy (non-hydrogen) atoms. The van der Waals surface area contributed by atoms with Crippen molar-refractivity contribution in [1.82, 2.24) is 15.3 Å². The molecule has 0 bridgehead atoms. The van der Waals surface area contributed by atoms with Gasteiger partial charge in [-0.1, -0.05) is 0 Å². The predicted octanol–water partition coefficient (Wildman–Crippen LogP) is -1.16. The maximum Gasteiger partial charge on any atom is 0.244 e. The van der Waals surface area contributed by atoms with E-state index in [0.29, 0.717) is 19.8 Å². The highest BCUT2D eigenvalue weighted by molar-refractivity contribution is 5.65. The predicted molar refractivity (Wildman–Crippen MR) is 65.5 cm³/mol. The molecule has 1 aromatic rings. The summed E-state index contributed by atoms with van der Waals surface area (Å²) in [6.45, 7) is 2.45. The molecular weight excluding hydrogens is 224 g/mol. The zero-order chi connectivity index (χ0) is 12.7. The molecule has 0 saturated heterocycles. The van der Waals surface area contributed by atoms with Crippen LogP contribution in [-0.2, 0) is 4.74 Å². The molecule has 8 heteroatoms. The van der Waals surface area contributed by atoms with Gasteiger partial charge in [0.15, 0.2) is 5.82 Å². The SMILES string of the molecule is COCCNCCOc1nc(N)nc(N)c1N. The molecule has 7 N–H and O–H groups in total. The topological polar surface area (TPSA) is 134 Å². The van der Waals surface area contributed by atoms with Crippen molar-refractivity contribution in [1.29, 1.82) is 0 Å². The lowest BCUT2D eigenvalue weighted by atomic mass is 10.4. The van der Waals surface area contributed by atoms with E-state index < -0.39 is 0 Å². The van der Waals surface area contributed by atoms with E-state index in [9.17, 15) is 0 Å². The number of rotatable bonds is 7. The van der Waals surface area contributed by atoms with E-state index in [-0.39, 0.29) is 23.3 Å². The van der Waals surface area contributed by atoms with Crippen LogP contribution in [0.1, 0.15) is 0 Å². The molecule has 0 spiro atoms. The fourth-order valence-corrected chi connectivity index (χ4v) is 1.11. The third-order valence-electron chi connectivity index (χ3n) is 1.96. The molecule has 0 aliphatic rings. The summed E-state index contributed by atoms with van der Waals surface area (Å²) in [5.41, 5.74) is 16.8. The Morgan fingerprint density at radius 1 is 1.12 bits per heavy atom. The van der Waals surface area contributed by atoms with Crippen LogP contribution in [-0.4, -0.2) is 43.4 Å². The van der Waals surface area contributed by atoms with Crippen LogP contribution in [0.2, 0.25) is 0 Å². The molecule has 0 aromatic carbocycles. The third-order valence-corrected chi connectivity index (χ3v) is 1.96. The molecule has 0 unspecified atom stereocenters. The van der Waals surface area contributed by atoms with Crippen LogP contribution >= 0.6 is 0 Å². The van der Waals surface area contributed by atoms with Crippen molar-refractivity contribution in [2.24, 2.45) is 0 Å². The van der Waals surface area contributed by atoms with Crippen LogP contribution in [0.15, 0.2) is 0 Å². The Labute approximate surface area is 99.5 Å². The highest BCUT2D eigenvalue weighted by Gasteiger charge is 2.08. The number of nitrogens with two attached hydrogens (primary N) is 3. The Hall–Kier alpha value is -1.80. The second kappa shape index (κ2) is 6.71. The molecule has 0 radical (unpaired) electrons. The van der Waals surface area contributed by atoms with E-state index in [0.717, 1.165) is 6.54 Å². The summed E-state index contributed by atoms with van der Waals surface area (Å²) in [6, 6.07) is 0. The maximum atomic E-state index is 5.64. The normalized spacial score (nSPS) is 10.4. The number of anilines is 3. The molecule has 0 aliphatic carbocycles. The van der Waals surface area contributed by atoms with Crippen LogP contribution < -0.4 is 27.3 Å². The van der Waals surface area contributed by atoms with Crippen LogP contribution in [0.4, 0.5) is 17.5 Å². The number of aromatic nitrogens is 2. The summed E-state index contributed by atoms with van der Waals surface area (Å²) in [5.74, 6) is 0.377. The molecule has 1 aromatic heterocycles. The maximum absolute atomic E-state index is 5.64. The van der Waals surface area contributed by atoms with Gasteiger partial charge in [-0.25, -0.2) is 0 Å². The average Bonchev–Trinajstić information content (AvgIpc) is 2.29. The van der Waals surface area contributed by atoms with E-state index in [1.165, 1.54) is 0 Å². The van der Waals surface area contributed by atoms with Crippen molar-refractivity contribution < 1.29 is 9.47 Å². The van der Waals surface area contributed by atoms with Crippen LogP contribution in [0, 0.1) is 0 Å². The van der Waals surface area contributed by atoms with Crippen molar-refractivity contribution in [3.63, 3.8) is 0 Å². The molecule has 0 atom stereocenters. The lowest BCUT2D eigenvalue weighted by molar-refractivity contribution is 0.196. The van der Waals surface area contributed by atoms with Gasteiger partial charge in [0.2, 0.25) is 11.8 Å². The van der Waals surface area contributed by atoms with Gasteiger partial charge in [0.05, 0.1) is 6.61 Å². The minimum absolute atomic E-state index is 0.0408. The number of hydrogen-bond acceptors (Lipinski definition) is 8. The quantitative estimate of drug-likeness (QED) is 0.440. The average molecular weight is 242 g/mol. The second-order valence-electron chi connectivity index (χ2n) is 3.28. The first-order valence-electron chi connectivity index (χ1n) is 5.16. The largest absolute Gasteiger partial charge is 0.475 e. The zero-order valence-corrected chi connectivity index (χ0v) is 9.77. The molecule has 0 aliphatic heterocycles. The highest BCUT2D eigenvalue weighted by atomic mass is 16.5. The zero-order valence-electron chi connectivity index (χ0n) is 9.77. The van der Waals surface area contributed by atoms with E-state index in [1.54, 1.807) is 7.11 Å². The van der Waals surface area contributed by atoms with Crippen molar-refractivity contribution >= 4 is 17.5 Å². The summed E-state index contributed by atoms with van der Waals surface area (Å²) < 4.78 is 10.2. The van der Waals surface area contributed by atoms with E-state index in [4.69, 9.17) is 26.7 Å². The summed E-state index contributed by atoms with van der Waals surface area (Å²) >= 11 is 0. The fourth-order valence-electron chi connectivity index (χ4n) is 1.11.